The number of rotatable bonds is 8. The molecule has 0 radical (unpaired) electrons. The second-order valence-corrected chi connectivity index (χ2v) is 9.30. The smallest absolute Gasteiger partial charge is 0.263 e. The number of nitrogens with one attached hydrogen (secondary N) is 1. The lowest BCUT2D eigenvalue weighted by Gasteiger charge is -2.31. The van der Waals surface area contributed by atoms with E-state index in [0.29, 0.717) is 5.69 Å². The van der Waals surface area contributed by atoms with E-state index in [-0.39, 0.29) is 22.4 Å². The van der Waals surface area contributed by atoms with Crippen molar-refractivity contribution < 1.29 is 33.6 Å². The van der Waals surface area contributed by atoms with Gasteiger partial charge in [-0.2, -0.15) is 0 Å². The van der Waals surface area contributed by atoms with Crippen LogP contribution in [0, 0.1) is 0 Å². The number of hydrogen-bond donors (Lipinski definition) is 5. The summed E-state index contributed by atoms with van der Waals surface area (Å²) in [5.74, 6) is -0.158. The van der Waals surface area contributed by atoms with Crippen LogP contribution in [-0.2, 0) is 14.8 Å². The summed E-state index contributed by atoms with van der Waals surface area (Å²) in [6.07, 6.45) is -3.31. The van der Waals surface area contributed by atoms with Crippen LogP contribution in [0.1, 0.15) is 0 Å². The van der Waals surface area contributed by atoms with E-state index in [2.05, 4.69) is 9.71 Å². The zero-order valence-electron chi connectivity index (χ0n) is 15.6. The highest BCUT2D eigenvalue weighted by Crippen LogP contribution is 2.34. The summed E-state index contributed by atoms with van der Waals surface area (Å²) in [4.78, 5) is 17.4. The van der Waals surface area contributed by atoms with Crippen molar-refractivity contribution in [3.05, 3.63) is 48.7 Å². The van der Waals surface area contributed by atoms with Crippen LogP contribution in [0.3, 0.4) is 0 Å². The van der Waals surface area contributed by atoms with E-state index in [9.17, 15) is 28.5 Å². The van der Waals surface area contributed by atoms with E-state index < -0.39 is 40.3 Å². The number of pyridine rings is 1. The van der Waals surface area contributed by atoms with Crippen LogP contribution in [0.2, 0.25) is 0 Å². The summed E-state index contributed by atoms with van der Waals surface area (Å²) in [7, 11) is -3.90. The van der Waals surface area contributed by atoms with Gasteiger partial charge in [-0.3, -0.25) is 14.4 Å². The summed E-state index contributed by atoms with van der Waals surface area (Å²) in [6, 6.07) is 10.2. The van der Waals surface area contributed by atoms with Crippen LogP contribution in [-0.4, -0.2) is 75.8 Å². The van der Waals surface area contributed by atoms with Gasteiger partial charge in [0, 0.05) is 11.9 Å². The first-order valence-electron chi connectivity index (χ1n) is 8.87. The zero-order valence-corrected chi connectivity index (χ0v) is 17.2. The highest BCUT2D eigenvalue weighted by Gasteiger charge is 2.42. The minimum Gasteiger partial charge on any atom is -0.394 e. The molecule has 1 amide bonds. The van der Waals surface area contributed by atoms with E-state index in [1.165, 1.54) is 41.4 Å². The Hall–Kier alpha value is -2.22. The number of aliphatic hydroxyl groups excluding tert-OH is 4. The molecule has 4 atom stereocenters. The summed E-state index contributed by atoms with van der Waals surface area (Å²) in [5, 5.41) is 38.0. The van der Waals surface area contributed by atoms with Gasteiger partial charge in [0.25, 0.3) is 10.0 Å². The predicted octanol–water partition coefficient (Wildman–Crippen LogP) is -0.637. The average molecular weight is 456 g/mol. The molecule has 0 spiro atoms. The molecular formula is C18H21N3O7S2. The van der Waals surface area contributed by atoms with Crippen molar-refractivity contribution in [1.82, 2.24) is 4.98 Å². The van der Waals surface area contributed by atoms with E-state index in [4.69, 9.17) is 5.11 Å². The Bertz CT molecular complexity index is 973. The van der Waals surface area contributed by atoms with Gasteiger partial charge in [-0.1, -0.05) is 6.07 Å². The molecule has 0 aliphatic carbocycles. The van der Waals surface area contributed by atoms with Gasteiger partial charge in [0.05, 0.1) is 17.3 Å². The molecule has 1 unspecified atom stereocenters. The Labute approximate surface area is 177 Å². The van der Waals surface area contributed by atoms with E-state index in [1.54, 1.807) is 12.1 Å². The van der Waals surface area contributed by atoms with Gasteiger partial charge in [-0.15, -0.1) is 11.8 Å². The third-order valence-electron chi connectivity index (χ3n) is 4.45. The molecule has 1 aliphatic heterocycles. The molecule has 1 aromatic carbocycles. The van der Waals surface area contributed by atoms with Crippen LogP contribution in [0.15, 0.2) is 53.6 Å². The molecule has 30 heavy (non-hydrogen) atoms. The molecule has 162 valence electrons. The Morgan fingerprint density at radius 1 is 1.17 bits per heavy atom. The Morgan fingerprint density at radius 3 is 2.47 bits per heavy atom. The van der Waals surface area contributed by atoms with Crippen molar-refractivity contribution in [3.8, 4) is 0 Å². The first-order chi connectivity index (χ1) is 14.2. The minimum absolute atomic E-state index is 0.0327. The van der Waals surface area contributed by atoms with Crippen molar-refractivity contribution in [2.45, 2.75) is 28.6 Å². The molecule has 2 aromatic rings. The maximum absolute atomic E-state index is 12.5. The second-order valence-electron chi connectivity index (χ2n) is 6.51. The molecule has 2 heterocycles. The van der Waals surface area contributed by atoms with Gasteiger partial charge in [0.15, 0.2) is 0 Å². The second kappa shape index (κ2) is 9.29. The topological polar surface area (TPSA) is 160 Å². The highest BCUT2D eigenvalue weighted by atomic mass is 32.2. The Balaban J connectivity index is 1.81. The summed E-state index contributed by atoms with van der Waals surface area (Å²) >= 11 is 1.06. The molecule has 0 saturated carbocycles. The molecule has 1 aliphatic rings. The van der Waals surface area contributed by atoms with Gasteiger partial charge >= 0.3 is 0 Å². The number of anilines is 2. The SMILES string of the molecule is O=C1CSC([C@H](O)[C@@H](O)[C@H](O)CO)N1c1ccc(S(=O)(=O)Nc2ccccn2)cc1. The van der Waals surface area contributed by atoms with Crippen LogP contribution in [0.4, 0.5) is 11.5 Å². The normalized spacial score (nSPS) is 20.1. The number of hydrogen-bond acceptors (Lipinski definition) is 9. The number of carbonyl (C=O) groups is 1. The highest BCUT2D eigenvalue weighted by molar-refractivity contribution is 8.01. The van der Waals surface area contributed by atoms with E-state index in [1.807, 2.05) is 0 Å². The van der Waals surface area contributed by atoms with Crippen LogP contribution < -0.4 is 9.62 Å². The molecule has 12 heteroatoms. The van der Waals surface area contributed by atoms with Crippen molar-refractivity contribution in [2.24, 2.45) is 0 Å². The van der Waals surface area contributed by atoms with Crippen molar-refractivity contribution in [2.75, 3.05) is 22.0 Å². The largest absolute Gasteiger partial charge is 0.394 e. The molecule has 10 nitrogen and oxygen atoms in total. The van der Waals surface area contributed by atoms with Crippen LogP contribution >= 0.6 is 11.8 Å². The molecule has 1 fully saturated rings. The fourth-order valence-electron chi connectivity index (χ4n) is 2.89. The average Bonchev–Trinajstić information content (AvgIpc) is 3.13. The first-order valence-corrected chi connectivity index (χ1v) is 11.4. The maximum Gasteiger partial charge on any atom is 0.263 e. The van der Waals surface area contributed by atoms with Gasteiger partial charge in [-0.05, 0) is 36.4 Å². The number of thioether (sulfide) groups is 1. The number of carbonyl (C=O) groups excluding carboxylic acids is 1. The Kier molecular flexibility index (Phi) is 6.95. The fraction of sp³-hybridized carbons (Fsp3) is 0.333. The van der Waals surface area contributed by atoms with Crippen molar-refractivity contribution in [3.63, 3.8) is 0 Å². The van der Waals surface area contributed by atoms with Crippen molar-refractivity contribution >= 4 is 39.2 Å². The lowest BCUT2D eigenvalue weighted by atomic mass is 10.1. The number of nitrogens with zero attached hydrogens (tertiary/aromatic N) is 2. The number of sulfonamides is 1. The molecule has 0 bridgehead atoms. The molecule has 3 rings (SSSR count). The summed E-state index contributed by atoms with van der Waals surface area (Å²) in [6.45, 7) is -0.751. The van der Waals surface area contributed by atoms with Crippen LogP contribution in [0.5, 0.6) is 0 Å². The molecule has 5 N–H and O–H groups in total. The van der Waals surface area contributed by atoms with Gasteiger partial charge in [0.1, 0.15) is 29.5 Å². The lowest BCUT2D eigenvalue weighted by Crippen LogP contribution is -2.50. The molecule has 1 aromatic heterocycles. The number of aromatic nitrogens is 1. The number of aliphatic hydroxyl groups is 4. The van der Waals surface area contributed by atoms with Crippen LogP contribution in [0.25, 0.3) is 0 Å². The summed E-state index contributed by atoms with van der Waals surface area (Å²) < 4.78 is 27.4. The fourth-order valence-corrected chi connectivity index (χ4v) is 5.10. The third kappa shape index (κ3) is 4.74. The first kappa shape index (κ1) is 22.5. The third-order valence-corrected chi connectivity index (χ3v) is 7.07. The van der Waals surface area contributed by atoms with E-state index >= 15 is 0 Å². The quantitative estimate of drug-likeness (QED) is 0.349. The monoisotopic (exact) mass is 455 g/mol. The van der Waals surface area contributed by atoms with Gasteiger partial charge < -0.3 is 20.4 Å². The number of benzene rings is 1. The minimum atomic E-state index is -3.90. The lowest BCUT2D eigenvalue weighted by molar-refractivity contribution is -0.117. The van der Waals surface area contributed by atoms with Crippen molar-refractivity contribution in [1.29, 1.82) is 0 Å². The van der Waals surface area contributed by atoms with Gasteiger partial charge in [-0.25, -0.2) is 13.4 Å². The standard InChI is InChI=1S/C18H21N3O7S2/c22-9-13(23)16(25)17(26)18-21(15(24)10-29-18)11-4-6-12(7-5-11)30(27,28)20-14-3-1-2-8-19-14/h1-8,13,16-18,22-23,25-26H,9-10H2,(H,19,20)/t13-,16+,17-,18?/m1/s1. The number of amides is 1. The summed E-state index contributed by atoms with van der Waals surface area (Å²) in [5.41, 5.74) is 0.316. The maximum atomic E-state index is 12.5. The Morgan fingerprint density at radius 2 is 1.87 bits per heavy atom. The predicted molar refractivity (Wildman–Crippen MR) is 110 cm³/mol. The molecular weight excluding hydrogens is 434 g/mol. The van der Waals surface area contributed by atoms with E-state index in [0.717, 1.165) is 11.8 Å². The van der Waals surface area contributed by atoms with Gasteiger partial charge in [0.2, 0.25) is 5.91 Å². The molecule has 1 saturated heterocycles. The zero-order chi connectivity index (χ0) is 21.9.